The van der Waals surface area contributed by atoms with Gasteiger partial charge in [0.05, 0.1) is 60.0 Å². The largest absolute Gasteiger partial charge is 1.00 e. The number of phenols is 1. The number of benzene rings is 5. The van der Waals surface area contributed by atoms with Crippen molar-refractivity contribution < 1.29 is 74.8 Å². The molecule has 17 nitrogen and oxygen atoms in total. The third kappa shape index (κ3) is 15.7. The average Bonchev–Trinajstić information content (AvgIpc) is 3.04. The van der Waals surface area contributed by atoms with Crippen molar-refractivity contribution in [2.75, 3.05) is 6.26 Å². The predicted octanol–water partition coefficient (Wildman–Crippen LogP) is 6.95. The van der Waals surface area contributed by atoms with E-state index in [-0.39, 0.29) is 77.6 Å². The van der Waals surface area contributed by atoms with Gasteiger partial charge in [-0.05, 0) is 88.7 Å². The number of hydrogen-bond donors (Lipinski definition) is 4. The van der Waals surface area contributed by atoms with Crippen LogP contribution in [0.3, 0.4) is 0 Å². The maximum Gasteiger partial charge on any atom is 1.00 e. The maximum atomic E-state index is 12.6. The first-order chi connectivity index (χ1) is 25.3. The summed E-state index contributed by atoms with van der Waals surface area (Å²) in [6.07, 6.45) is 0.918. The van der Waals surface area contributed by atoms with Crippen LogP contribution in [0.1, 0.15) is 41.5 Å². The molecule has 56 heavy (non-hydrogen) atoms. The van der Waals surface area contributed by atoms with Gasteiger partial charge in [0, 0.05) is 17.0 Å². The van der Waals surface area contributed by atoms with E-state index in [1.807, 2.05) is 0 Å². The zero-order valence-corrected chi connectivity index (χ0v) is 34.7. The van der Waals surface area contributed by atoms with E-state index < -0.39 is 36.5 Å². The van der Waals surface area contributed by atoms with Crippen LogP contribution in [0, 0.1) is 0 Å². The van der Waals surface area contributed by atoms with Gasteiger partial charge >= 0.3 is 17.1 Å². The molecule has 5 aromatic carbocycles. The van der Waals surface area contributed by atoms with Crippen molar-refractivity contribution in [1.29, 1.82) is 0 Å². The van der Waals surface area contributed by atoms with Crippen LogP contribution in [0.2, 0.25) is 0 Å². The van der Waals surface area contributed by atoms with Gasteiger partial charge in [-0.2, -0.15) is 15.3 Å². The Morgan fingerprint density at radius 2 is 1.34 bits per heavy atom. The second-order valence-electron chi connectivity index (χ2n) is 14.3. The van der Waals surface area contributed by atoms with Crippen molar-refractivity contribution in [1.82, 2.24) is 0 Å². The van der Waals surface area contributed by atoms with Gasteiger partial charge in [-0.1, -0.05) is 53.3 Å². The van der Waals surface area contributed by atoms with E-state index >= 15 is 0 Å². The van der Waals surface area contributed by atoms with Gasteiger partial charge in [0.15, 0.2) is 5.75 Å². The van der Waals surface area contributed by atoms with Crippen LogP contribution in [0.25, 0.3) is 26.3 Å². The van der Waals surface area contributed by atoms with Gasteiger partial charge in [-0.3, -0.25) is 0 Å². The zero-order valence-electron chi connectivity index (χ0n) is 31.3. The first kappa shape index (κ1) is 47.9. The summed E-state index contributed by atoms with van der Waals surface area (Å²) >= 11 is 0.503. The molecule has 0 saturated carbocycles. The fraction of sp³-hybridized carbons (Fsp3) is 0.257. The van der Waals surface area contributed by atoms with Crippen LogP contribution in [0.15, 0.2) is 109 Å². The van der Waals surface area contributed by atoms with E-state index in [1.54, 1.807) is 18.2 Å². The van der Waals surface area contributed by atoms with Gasteiger partial charge in [-0.25, -0.2) is 22.1 Å². The number of nitrogens with zero attached hydrogens (tertiary/aromatic N) is 5. The summed E-state index contributed by atoms with van der Waals surface area (Å²) in [6, 6.07) is 18.1. The van der Waals surface area contributed by atoms with Crippen molar-refractivity contribution in [2.45, 2.75) is 62.4 Å². The van der Waals surface area contributed by atoms with E-state index in [0.717, 1.165) is 18.4 Å². The summed E-state index contributed by atoms with van der Waals surface area (Å²) in [4.78, 5) is -0.313. The number of sulfonamides is 1. The Morgan fingerprint density at radius 1 is 0.768 bits per heavy atom. The number of aromatic hydroxyl groups is 1. The third-order valence-corrected chi connectivity index (χ3v) is 8.05. The Balaban J connectivity index is 0.000000876. The molecule has 0 radical (unpaired) electrons. The summed E-state index contributed by atoms with van der Waals surface area (Å²) in [6.45, 7) is 12.5. The number of rotatable bonds is 10. The van der Waals surface area contributed by atoms with Crippen LogP contribution in [0.4, 0.5) is 28.4 Å². The smallest absolute Gasteiger partial charge is 0.871 e. The molecular formula is C35H42CuN7O10S3. The van der Waals surface area contributed by atoms with Gasteiger partial charge < -0.3 is 31.0 Å². The van der Waals surface area contributed by atoms with Crippen molar-refractivity contribution >= 4 is 82.2 Å². The molecule has 0 amide bonds. The number of azo groups is 2. The molecule has 21 heteroatoms. The van der Waals surface area contributed by atoms with Crippen molar-refractivity contribution in [2.24, 2.45) is 20.5 Å². The van der Waals surface area contributed by atoms with Gasteiger partial charge in [0.25, 0.3) is 0 Å². The first-order valence-electron chi connectivity index (χ1n) is 16.0. The molecular weight excluding hydrogens is 838 g/mol. The van der Waals surface area contributed by atoms with E-state index in [9.17, 15) is 31.6 Å². The summed E-state index contributed by atoms with van der Waals surface area (Å²) in [5.41, 5.74) is 8.07. The second-order valence-corrected chi connectivity index (χ2v) is 18.1. The Morgan fingerprint density at radius 3 is 1.93 bits per heavy atom. The summed E-state index contributed by atoms with van der Waals surface area (Å²) in [7, 11) is -8.48. The topological polar surface area (TPSA) is 292 Å². The van der Waals surface area contributed by atoms with Crippen LogP contribution in [-0.4, -0.2) is 49.1 Å². The SMILES string of the molecule is CC(C)(C)[NH3+].CC(C)(C)[NH3+].CS(=O)(=O)[N-]c1ccccc1N=Nc1c(SOOO)cc2ccc(N=Nc3c([O-])ccc4cc(S(=O)(=O)[O-])ccc34)cc2c1O.[Cu+]. The van der Waals surface area contributed by atoms with Crippen LogP contribution in [-0.2, 0) is 46.6 Å². The Bertz CT molecular complexity index is 2410. The first-order valence-corrected chi connectivity index (χ1v) is 20.0. The fourth-order valence-electron chi connectivity index (χ4n) is 4.15. The summed E-state index contributed by atoms with van der Waals surface area (Å²) in [5, 5.41) is 53.7. The molecule has 5 rings (SSSR count). The van der Waals surface area contributed by atoms with Crippen LogP contribution >= 0.6 is 12.0 Å². The third-order valence-electron chi connectivity index (χ3n) is 6.07. The van der Waals surface area contributed by atoms with Gasteiger partial charge in [0.1, 0.15) is 15.8 Å². The standard InChI is InChI=1S/C27H20N5O10S3.2C4H11N.Cu/c1-44(36,37)32-22-5-3-2-4-21(22)29-31-26-24(43-42-41-35)13-16-6-8-17(14-20(16)27(26)34)28-30-25-19-10-9-18(45(38,39)40)12-15(19)7-11-23(25)33;2*1-4(2,3)5;/h2-14H,1H3,(H4-,28,29,30,31,32,33,34,35,38,39,40);2*5H2,1-3H3;/q-1;;;+1. The van der Waals surface area contributed by atoms with Crippen molar-refractivity contribution in [3.8, 4) is 11.5 Å². The second kappa shape index (κ2) is 19.7. The zero-order chi connectivity index (χ0) is 41.4. The number of hydrogen-bond acceptors (Lipinski definition) is 15. The molecule has 0 aromatic heterocycles. The molecule has 5 aromatic rings. The average molecular weight is 881 g/mol. The van der Waals surface area contributed by atoms with E-state index in [1.165, 1.54) is 48.5 Å². The van der Waals surface area contributed by atoms with Crippen molar-refractivity contribution in [3.05, 3.63) is 83.6 Å². The number of phenolic OH excluding ortho intramolecular Hbond substituents is 1. The molecule has 0 aliphatic heterocycles. The fourth-order valence-corrected chi connectivity index (χ4v) is 5.66. The van der Waals surface area contributed by atoms with Crippen molar-refractivity contribution in [3.63, 3.8) is 0 Å². The number of quaternary nitrogens is 2. The van der Waals surface area contributed by atoms with Crippen LogP contribution in [0.5, 0.6) is 11.5 Å². The molecule has 0 saturated heterocycles. The Hall–Kier alpha value is -4.25. The molecule has 0 bridgehead atoms. The summed E-state index contributed by atoms with van der Waals surface area (Å²) < 4.78 is 65.8. The normalized spacial score (nSPS) is 12.2. The molecule has 306 valence electrons. The maximum absolute atomic E-state index is 12.6. The van der Waals surface area contributed by atoms with E-state index in [2.05, 4.69) is 87.6 Å². The minimum absolute atomic E-state index is 0. The molecule has 0 spiro atoms. The van der Waals surface area contributed by atoms with Gasteiger partial charge in [0.2, 0.25) is 0 Å². The number of fused-ring (bicyclic) bond motifs is 2. The molecule has 0 fully saturated rings. The Kier molecular flexibility index (Phi) is 16.9. The van der Waals surface area contributed by atoms with E-state index in [0.29, 0.717) is 17.4 Å². The molecule has 0 heterocycles. The minimum atomic E-state index is -4.72. The molecule has 0 unspecified atom stereocenters. The summed E-state index contributed by atoms with van der Waals surface area (Å²) in [5.74, 6) is -0.915. The molecule has 0 aliphatic rings. The molecule has 0 atom stereocenters. The van der Waals surface area contributed by atoms with Crippen LogP contribution < -0.4 is 16.6 Å². The molecule has 8 N–H and O–H groups in total. The van der Waals surface area contributed by atoms with E-state index in [4.69, 9.17) is 5.26 Å². The predicted molar refractivity (Wildman–Crippen MR) is 206 cm³/mol. The minimum Gasteiger partial charge on any atom is -0.871 e. The quantitative estimate of drug-likeness (QED) is 0.0278. The monoisotopic (exact) mass is 879 g/mol. The van der Waals surface area contributed by atoms with Gasteiger partial charge in [-0.15, -0.1) is 15.1 Å². The Labute approximate surface area is 339 Å². The molecule has 0 aliphatic carbocycles.